The summed E-state index contributed by atoms with van der Waals surface area (Å²) in [5, 5.41) is 15.8. The van der Waals surface area contributed by atoms with Crippen molar-refractivity contribution in [3.63, 3.8) is 0 Å². The van der Waals surface area contributed by atoms with Crippen molar-refractivity contribution in [1.29, 1.82) is 0 Å². The fourth-order valence-electron chi connectivity index (χ4n) is 0.696. The van der Waals surface area contributed by atoms with Crippen LogP contribution >= 0.6 is 0 Å². The van der Waals surface area contributed by atoms with Crippen molar-refractivity contribution in [1.82, 2.24) is 0 Å². The summed E-state index contributed by atoms with van der Waals surface area (Å²) in [6.07, 6.45) is 3.67. The van der Waals surface area contributed by atoms with Crippen LogP contribution in [0, 0.1) is 0 Å². The number of isocyanates is 2. The molecule has 0 unspecified atom stereocenters. The van der Waals surface area contributed by atoms with Crippen molar-refractivity contribution in [3.05, 3.63) is 37.0 Å². The van der Waals surface area contributed by atoms with Gasteiger partial charge in [0.2, 0.25) is 12.2 Å². The predicted octanol–water partition coefficient (Wildman–Crippen LogP) is 1.05. The van der Waals surface area contributed by atoms with Gasteiger partial charge in [0.05, 0.1) is 13.1 Å². The number of hydrogen-bond acceptors (Lipinski definition) is 8. The molecule has 0 amide bonds. The Hall–Kier alpha value is -3.61. The molecule has 0 aromatic rings. The average molecular weight is 368 g/mol. The molecule has 0 aliphatic rings. The lowest BCUT2D eigenvalue weighted by atomic mass is 10.2. The van der Waals surface area contributed by atoms with Gasteiger partial charge < -0.3 is 14.9 Å². The molecule has 0 aromatic carbocycles. The fourth-order valence-corrected chi connectivity index (χ4v) is 0.696. The van der Waals surface area contributed by atoms with Crippen molar-refractivity contribution in [2.45, 2.75) is 13.3 Å². The fraction of sp³-hybridized carbons (Fsp3) is 0.312. The second-order valence-electron chi connectivity index (χ2n) is 4.06. The largest absolute Gasteiger partial charge is 0.478 e. The van der Waals surface area contributed by atoms with Crippen LogP contribution in [0.25, 0.3) is 0 Å². The number of ether oxygens (including phenoxy) is 1. The molecule has 0 atom stereocenters. The van der Waals surface area contributed by atoms with Crippen molar-refractivity contribution in [3.8, 4) is 0 Å². The molecule has 2 N–H and O–H groups in total. The molecular weight excluding hydrogens is 348 g/mol. The van der Waals surface area contributed by atoms with Gasteiger partial charge in [-0.05, 0) is 13.3 Å². The van der Waals surface area contributed by atoms with Gasteiger partial charge >= 0.3 is 17.9 Å². The highest BCUT2D eigenvalue weighted by Crippen LogP contribution is 1.96. The third-order valence-electron chi connectivity index (χ3n) is 1.92. The first kappa shape index (κ1) is 27.2. The zero-order chi connectivity index (χ0) is 21.0. The maximum atomic E-state index is 10.6. The number of carboxylic acid groups (broad SMARTS) is 2. The van der Waals surface area contributed by atoms with E-state index in [1.165, 1.54) is 12.2 Å². The third-order valence-corrected chi connectivity index (χ3v) is 1.92. The van der Waals surface area contributed by atoms with E-state index in [9.17, 15) is 24.0 Å². The van der Waals surface area contributed by atoms with E-state index in [2.05, 4.69) is 34.5 Å². The smallest absolute Gasteiger partial charge is 0.333 e. The van der Waals surface area contributed by atoms with Crippen LogP contribution in [0.4, 0.5) is 0 Å². The van der Waals surface area contributed by atoms with Crippen LogP contribution in [0.5, 0.6) is 0 Å². The number of esters is 1. The molecule has 0 rings (SSSR count). The van der Waals surface area contributed by atoms with Gasteiger partial charge in [-0.3, -0.25) is 0 Å². The molecule has 0 spiro atoms. The minimum Gasteiger partial charge on any atom is -0.478 e. The first-order valence-corrected chi connectivity index (χ1v) is 6.80. The number of carbonyl (C=O) groups is 3. The Morgan fingerprint density at radius 2 is 1.54 bits per heavy atom. The van der Waals surface area contributed by atoms with Crippen LogP contribution in [0.1, 0.15) is 13.3 Å². The summed E-state index contributed by atoms with van der Waals surface area (Å²) in [7, 11) is 0. The number of nitrogens with zero attached hydrogens (tertiary/aromatic N) is 2. The molecule has 0 heterocycles. The van der Waals surface area contributed by atoms with Gasteiger partial charge in [-0.1, -0.05) is 19.7 Å². The molecule has 0 saturated heterocycles. The Kier molecular flexibility index (Phi) is 20.4. The third kappa shape index (κ3) is 25.3. The summed E-state index contributed by atoms with van der Waals surface area (Å²) in [6.45, 7) is 11.5. The Labute approximate surface area is 149 Å². The molecule has 0 bridgehead atoms. The Morgan fingerprint density at radius 3 is 1.88 bits per heavy atom. The highest BCUT2D eigenvalue weighted by atomic mass is 16.5. The number of rotatable bonds is 9. The van der Waals surface area contributed by atoms with Gasteiger partial charge in [0.25, 0.3) is 0 Å². The number of aliphatic carboxylic acids is 2. The number of carboxylic acids is 2. The van der Waals surface area contributed by atoms with Crippen LogP contribution in [0.2, 0.25) is 0 Å². The number of aliphatic imine (C=N–C) groups is 2. The molecule has 0 aliphatic heterocycles. The van der Waals surface area contributed by atoms with Gasteiger partial charge in [-0.25, -0.2) is 34.0 Å². The van der Waals surface area contributed by atoms with Crippen LogP contribution in [0.15, 0.2) is 46.9 Å². The van der Waals surface area contributed by atoms with Crippen LogP contribution < -0.4 is 0 Å². The summed E-state index contributed by atoms with van der Waals surface area (Å²) < 4.78 is 4.59. The summed E-state index contributed by atoms with van der Waals surface area (Å²) in [6, 6.07) is 0. The van der Waals surface area contributed by atoms with Gasteiger partial charge in [0.15, 0.2) is 0 Å². The molecular formula is C16H20N2O8. The lowest BCUT2D eigenvalue weighted by Gasteiger charge is -1.99. The quantitative estimate of drug-likeness (QED) is 0.201. The van der Waals surface area contributed by atoms with Crippen molar-refractivity contribution in [2.24, 2.45) is 9.98 Å². The molecule has 0 radical (unpaired) electrons. The average Bonchev–Trinajstić information content (AvgIpc) is 2.59. The van der Waals surface area contributed by atoms with Crippen LogP contribution in [-0.4, -0.2) is 60.0 Å². The molecule has 26 heavy (non-hydrogen) atoms. The second-order valence-corrected chi connectivity index (χ2v) is 4.06. The first-order chi connectivity index (χ1) is 12.1. The van der Waals surface area contributed by atoms with Gasteiger partial charge in [0.1, 0.15) is 6.61 Å². The summed E-state index contributed by atoms with van der Waals surface area (Å²) in [4.78, 5) is 55.3. The number of carbonyl (C=O) groups excluding carboxylic acids is 3. The Bertz CT molecular complexity index is 612. The lowest BCUT2D eigenvalue weighted by Crippen LogP contribution is -2.07. The molecule has 0 fully saturated rings. The highest BCUT2D eigenvalue weighted by Gasteiger charge is 2.01. The van der Waals surface area contributed by atoms with Crippen molar-refractivity contribution in [2.75, 3.05) is 19.7 Å². The molecule has 0 aliphatic carbocycles. The molecule has 10 heteroatoms. The van der Waals surface area contributed by atoms with E-state index in [-0.39, 0.29) is 31.7 Å². The predicted molar refractivity (Wildman–Crippen MR) is 91.0 cm³/mol. The molecule has 142 valence electrons. The van der Waals surface area contributed by atoms with Gasteiger partial charge in [0, 0.05) is 17.2 Å². The van der Waals surface area contributed by atoms with Gasteiger partial charge in [-0.15, -0.1) is 0 Å². The van der Waals surface area contributed by atoms with E-state index in [4.69, 9.17) is 10.2 Å². The minimum absolute atomic E-state index is 0.0546. The van der Waals surface area contributed by atoms with E-state index in [1.807, 2.05) is 0 Å². The first-order valence-electron chi connectivity index (χ1n) is 6.80. The van der Waals surface area contributed by atoms with E-state index >= 15 is 0 Å². The van der Waals surface area contributed by atoms with Crippen molar-refractivity contribution < 1.29 is 38.9 Å². The minimum atomic E-state index is -1.05. The van der Waals surface area contributed by atoms with E-state index < -0.39 is 17.9 Å². The zero-order valence-corrected chi connectivity index (χ0v) is 14.3. The van der Waals surface area contributed by atoms with E-state index in [0.29, 0.717) is 5.57 Å². The standard InChI is InChI=1S/C7H9NO3.C6H7NO3.C3H4O2/c1-6(2)7(10)11-4-3-8-5-9;1-5(6(9)10)2-3-7-4-8;1-2-3(4)5/h1,3-4H2,2H3;1-3H2,(H,9,10);2H,1H2,(H,4,5). The normalized spacial score (nSPS) is 7.73. The van der Waals surface area contributed by atoms with Crippen LogP contribution in [0.3, 0.4) is 0 Å². The lowest BCUT2D eigenvalue weighted by molar-refractivity contribution is -0.138. The molecule has 0 aromatic heterocycles. The summed E-state index contributed by atoms with van der Waals surface area (Å²) >= 11 is 0. The van der Waals surface area contributed by atoms with Gasteiger partial charge in [-0.2, -0.15) is 0 Å². The van der Waals surface area contributed by atoms with E-state index in [1.54, 1.807) is 6.92 Å². The van der Waals surface area contributed by atoms with Crippen molar-refractivity contribution >= 4 is 30.1 Å². The second kappa shape index (κ2) is 19.4. The highest BCUT2D eigenvalue weighted by molar-refractivity contribution is 5.87. The monoisotopic (exact) mass is 368 g/mol. The summed E-state index contributed by atoms with van der Waals surface area (Å²) in [5.41, 5.74) is 0.388. The molecule has 0 saturated carbocycles. The summed E-state index contributed by atoms with van der Waals surface area (Å²) in [5.74, 6) is -2.50. The Balaban J connectivity index is -0.000000327. The van der Waals surface area contributed by atoms with Crippen LogP contribution in [-0.2, 0) is 28.7 Å². The number of hydrogen-bond donors (Lipinski definition) is 2. The Morgan fingerprint density at radius 1 is 1.08 bits per heavy atom. The topological polar surface area (TPSA) is 160 Å². The SMILES string of the molecule is C=C(C)C(=O)OCCN=C=O.C=C(CCN=C=O)C(=O)O.C=CC(=O)O. The zero-order valence-electron chi connectivity index (χ0n) is 14.3. The van der Waals surface area contributed by atoms with E-state index in [0.717, 1.165) is 6.08 Å². The molecule has 10 nitrogen and oxygen atoms in total. The maximum absolute atomic E-state index is 10.6. The maximum Gasteiger partial charge on any atom is 0.333 e.